The van der Waals surface area contributed by atoms with Gasteiger partial charge in [-0.3, -0.25) is 4.79 Å². The molecular formula is C12H9F2NO2. The highest BCUT2D eigenvalue weighted by molar-refractivity contribution is 5.90. The molecule has 1 aliphatic carbocycles. The van der Waals surface area contributed by atoms with E-state index in [2.05, 4.69) is 4.98 Å². The number of carbonyl (C=O) groups is 1. The van der Waals surface area contributed by atoms with E-state index in [1.807, 2.05) is 0 Å². The monoisotopic (exact) mass is 237 g/mol. The minimum atomic E-state index is -3.15. The van der Waals surface area contributed by atoms with Crippen molar-refractivity contribution in [2.24, 2.45) is 0 Å². The number of nitrogens with one attached hydrogen (secondary N) is 1. The minimum absolute atomic E-state index is 0.157. The van der Waals surface area contributed by atoms with Crippen LogP contribution in [0.4, 0.5) is 8.78 Å². The number of aromatic nitrogens is 1. The Bertz CT molecular complexity index is 620. The Morgan fingerprint density at radius 2 is 2.06 bits per heavy atom. The number of hydrogen-bond acceptors (Lipinski definition) is 1. The highest BCUT2D eigenvalue weighted by Crippen LogP contribution is 2.61. The highest BCUT2D eigenvalue weighted by Gasteiger charge is 2.77. The van der Waals surface area contributed by atoms with Crippen LogP contribution in [-0.4, -0.2) is 22.0 Å². The normalized spacial score (nSPS) is 26.0. The number of fused-ring (bicyclic) bond motifs is 1. The lowest BCUT2D eigenvalue weighted by Crippen LogP contribution is -2.26. The van der Waals surface area contributed by atoms with Gasteiger partial charge in [0.2, 0.25) is 0 Å². The maximum absolute atomic E-state index is 13.3. The SMILES string of the molecule is O=C(O)C1(c2ccc3cc[nH]c3c2)CC1(F)F. The first kappa shape index (κ1) is 10.3. The molecule has 1 aromatic carbocycles. The van der Waals surface area contributed by atoms with Gasteiger partial charge >= 0.3 is 5.97 Å². The molecule has 2 aromatic rings. The lowest BCUT2D eigenvalue weighted by atomic mass is 9.94. The van der Waals surface area contributed by atoms with Crippen molar-refractivity contribution in [1.82, 2.24) is 4.98 Å². The van der Waals surface area contributed by atoms with Gasteiger partial charge < -0.3 is 10.1 Å². The van der Waals surface area contributed by atoms with Crippen LogP contribution in [0, 0.1) is 0 Å². The van der Waals surface area contributed by atoms with E-state index in [9.17, 15) is 13.6 Å². The number of aromatic amines is 1. The van der Waals surface area contributed by atoms with E-state index in [-0.39, 0.29) is 5.56 Å². The molecule has 0 saturated heterocycles. The van der Waals surface area contributed by atoms with Gasteiger partial charge in [0.05, 0.1) is 0 Å². The largest absolute Gasteiger partial charge is 0.480 e. The highest BCUT2D eigenvalue weighted by atomic mass is 19.3. The van der Waals surface area contributed by atoms with Crippen LogP contribution in [0.5, 0.6) is 0 Å². The second kappa shape index (κ2) is 2.85. The Morgan fingerprint density at radius 3 is 2.65 bits per heavy atom. The minimum Gasteiger partial charge on any atom is -0.480 e. The molecule has 1 aromatic heterocycles. The molecule has 3 nitrogen and oxygen atoms in total. The Labute approximate surface area is 95.1 Å². The van der Waals surface area contributed by atoms with Gasteiger partial charge in [0.15, 0.2) is 5.41 Å². The van der Waals surface area contributed by atoms with Crippen LogP contribution in [0.1, 0.15) is 12.0 Å². The van der Waals surface area contributed by atoms with Crippen molar-refractivity contribution in [2.45, 2.75) is 17.8 Å². The quantitative estimate of drug-likeness (QED) is 0.843. The van der Waals surface area contributed by atoms with Crippen LogP contribution in [0.25, 0.3) is 10.9 Å². The molecule has 17 heavy (non-hydrogen) atoms. The van der Waals surface area contributed by atoms with Crippen molar-refractivity contribution in [1.29, 1.82) is 0 Å². The average Bonchev–Trinajstić information content (AvgIpc) is 2.67. The predicted octanol–water partition coefficient (Wildman–Crippen LogP) is 2.53. The molecule has 0 bridgehead atoms. The zero-order chi connectivity index (χ0) is 12.3. The smallest absolute Gasteiger partial charge is 0.320 e. The number of carboxylic acids is 1. The van der Waals surface area contributed by atoms with Crippen molar-refractivity contribution in [3.05, 3.63) is 36.0 Å². The molecule has 1 heterocycles. The average molecular weight is 237 g/mol. The molecule has 2 N–H and O–H groups in total. The van der Waals surface area contributed by atoms with Crippen LogP contribution >= 0.6 is 0 Å². The third kappa shape index (κ3) is 1.16. The zero-order valence-electron chi connectivity index (χ0n) is 8.71. The number of halogens is 2. The number of rotatable bonds is 2. The van der Waals surface area contributed by atoms with Crippen LogP contribution in [-0.2, 0) is 10.2 Å². The van der Waals surface area contributed by atoms with E-state index >= 15 is 0 Å². The number of H-pyrrole nitrogens is 1. The van der Waals surface area contributed by atoms with Gasteiger partial charge in [0.1, 0.15) is 0 Å². The van der Waals surface area contributed by atoms with Crippen molar-refractivity contribution in [3.8, 4) is 0 Å². The molecule has 0 spiro atoms. The van der Waals surface area contributed by atoms with Crippen molar-refractivity contribution >= 4 is 16.9 Å². The lowest BCUT2D eigenvalue weighted by molar-refractivity contribution is -0.142. The maximum Gasteiger partial charge on any atom is 0.320 e. The fourth-order valence-electron chi connectivity index (χ4n) is 2.27. The van der Waals surface area contributed by atoms with E-state index in [1.165, 1.54) is 12.1 Å². The number of carboxylic acid groups (broad SMARTS) is 1. The van der Waals surface area contributed by atoms with Gasteiger partial charge in [0.25, 0.3) is 5.92 Å². The molecule has 0 radical (unpaired) electrons. The third-order valence-electron chi connectivity index (χ3n) is 3.40. The molecule has 5 heteroatoms. The standard InChI is InChI=1S/C12H9F2NO2/c13-12(14)6-11(12,10(16)17)8-2-1-7-3-4-15-9(7)5-8/h1-5,15H,6H2,(H,16,17). The first-order valence-corrected chi connectivity index (χ1v) is 5.16. The predicted molar refractivity (Wildman–Crippen MR) is 57.2 cm³/mol. The van der Waals surface area contributed by atoms with E-state index in [0.717, 1.165) is 5.39 Å². The summed E-state index contributed by atoms with van der Waals surface area (Å²) in [6.07, 6.45) is 1.06. The first-order chi connectivity index (χ1) is 7.97. The van der Waals surface area contributed by atoms with Crippen molar-refractivity contribution in [2.75, 3.05) is 0 Å². The Hall–Kier alpha value is -1.91. The molecule has 1 aliphatic rings. The second-order valence-corrected chi connectivity index (χ2v) is 4.37. The third-order valence-corrected chi connectivity index (χ3v) is 3.40. The summed E-state index contributed by atoms with van der Waals surface area (Å²) in [6.45, 7) is 0. The molecule has 88 valence electrons. The Kier molecular flexibility index (Phi) is 1.72. The Balaban J connectivity index is 2.17. The maximum atomic E-state index is 13.3. The molecule has 0 amide bonds. The van der Waals surface area contributed by atoms with Gasteiger partial charge in [-0.1, -0.05) is 12.1 Å². The molecule has 1 unspecified atom stereocenters. The Morgan fingerprint density at radius 1 is 1.35 bits per heavy atom. The fraction of sp³-hybridized carbons (Fsp3) is 0.250. The number of hydrogen-bond donors (Lipinski definition) is 2. The van der Waals surface area contributed by atoms with Gasteiger partial charge in [-0.05, 0) is 23.1 Å². The van der Waals surface area contributed by atoms with Gasteiger partial charge in [-0.25, -0.2) is 8.78 Å². The summed E-state index contributed by atoms with van der Waals surface area (Å²) >= 11 is 0. The summed E-state index contributed by atoms with van der Waals surface area (Å²) < 4.78 is 26.6. The molecule has 3 rings (SSSR count). The van der Waals surface area contributed by atoms with Gasteiger partial charge in [-0.2, -0.15) is 0 Å². The van der Waals surface area contributed by atoms with E-state index in [0.29, 0.717) is 5.52 Å². The number of aliphatic carboxylic acids is 1. The molecule has 1 saturated carbocycles. The molecular weight excluding hydrogens is 228 g/mol. The first-order valence-electron chi connectivity index (χ1n) is 5.16. The van der Waals surface area contributed by atoms with Crippen LogP contribution in [0.15, 0.2) is 30.5 Å². The van der Waals surface area contributed by atoms with Gasteiger partial charge in [0, 0.05) is 18.1 Å². The second-order valence-electron chi connectivity index (χ2n) is 4.37. The summed E-state index contributed by atoms with van der Waals surface area (Å²) in [7, 11) is 0. The topological polar surface area (TPSA) is 53.1 Å². The molecule has 1 fully saturated rings. The summed E-state index contributed by atoms with van der Waals surface area (Å²) in [5.41, 5.74) is -1.21. The van der Waals surface area contributed by atoms with Crippen molar-refractivity contribution in [3.63, 3.8) is 0 Å². The van der Waals surface area contributed by atoms with E-state index < -0.39 is 23.7 Å². The summed E-state index contributed by atoms with van der Waals surface area (Å²) in [5.74, 6) is -4.62. The molecule has 1 atom stereocenters. The lowest BCUT2D eigenvalue weighted by Gasteiger charge is -2.11. The summed E-state index contributed by atoms with van der Waals surface area (Å²) in [4.78, 5) is 14.0. The van der Waals surface area contributed by atoms with Crippen LogP contribution in [0.3, 0.4) is 0 Å². The van der Waals surface area contributed by atoms with Crippen LogP contribution < -0.4 is 0 Å². The van der Waals surface area contributed by atoms with E-state index in [1.54, 1.807) is 18.3 Å². The van der Waals surface area contributed by atoms with Gasteiger partial charge in [-0.15, -0.1) is 0 Å². The number of alkyl halides is 2. The van der Waals surface area contributed by atoms with Crippen molar-refractivity contribution < 1.29 is 18.7 Å². The van der Waals surface area contributed by atoms with E-state index in [4.69, 9.17) is 5.11 Å². The number of benzene rings is 1. The zero-order valence-corrected chi connectivity index (χ0v) is 8.71. The van der Waals surface area contributed by atoms with Crippen LogP contribution in [0.2, 0.25) is 0 Å². The molecule has 0 aliphatic heterocycles. The summed E-state index contributed by atoms with van der Waals surface area (Å²) in [6, 6.07) is 6.41. The fourth-order valence-corrected chi connectivity index (χ4v) is 2.27. The summed E-state index contributed by atoms with van der Waals surface area (Å²) in [5, 5.41) is 9.90.